The first-order chi connectivity index (χ1) is 9.83. The molecule has 1 aromatic rings. The van der Waals surface area contributed by atoms with Crippen molar-refractivity contribution in [1.29, 1.82) is 0 Å². The van der Waals surface area contributed by atoms with E-state index in [1.165, 1.54) is 5.69 Å². The summed E-state index contributed by atoms with van der Waals surface area (Å²) in [6, 6.07) is 8.81. The smallest absolute Gasteiger partial charge is 0.142 e. The summed E-state index contributed by atoms with van der Waals surface area (Å²) in [4.78, 5) is 5.01. The summed E-state index contributed by atoms with van der Waals surface area (Å²) in [5.74, 6) is 1.03. The zero-order valence-electron chi connectivity index (χ0n) is 12.1. The monoisotopic (exact) mass is 275 g/mol. The highest BCUT2D eigenvalue weighted by Gasteiger charge is 2.19. The number of likely N-dealkylation sites (tertiary alicyclic amines) is 1. The second kappa shape index (κ2) is 6.46. The molecule has 0 spiro atoms. The molecule has 2 aliphatic rings. The Balaban J connectivity index is 1.59. The molecule has 110 valence electrons. The van der Waals surface area contributed by atoms with Crippen molar-refractivity contribution >= 4 is 5.69 Å². The van der Waals surface area contributed by atoms with Crippen molar-refractivity contribution in [3.8, 4) is 5.75 Å². The van der Waals surface area contributed by atoms with Crippen LogP contribution in [0.4, 0.5) is 5.69 Å². The van der Waals surface area contributed by atoms with Gasteiger partial charge in [0.25, 0.3) is 0 Å². The Labute approximate surface area is 121 Å². The van der Waals surface area contributed by atoms with Crippen molar-refractivity contribution in [1.82, 2.24) is 4.90 Å². The first-order valence-corrected chi connectivity index (χ1v) is 7.77. The van der Waals surface area contributed by atoms with E-state index in [0.29, 0.717) is 6.04 Å². The quantitative estimate of drug-likeness (QED) is 0.911. The maximum Gasteiger partial charge on any atom is 0.142 e. The second-order valence-electron chi connectivity index (χ2n) is 5.84. The lowest BCUT2D eigenvalue weighted by Gasteiger charge is -2.32. The number of nitrogens with zero attached hydrogens (tertiary/aromatic N) is 2. The predicted molar refractivity (Wildman–Crippen MR) is 82.4 cm³/mol. The summed E-state index contributed by atoms with van der Waals surface area (Å²) >= 11 is 0. The van der Waals surface area contributed by atoms with Crippen molar-refractivity contribution in [2.75, 3.05) is 44.2 Å². The summed E-state index contributed by atoms with van der Waals surface area (Å²) < 4.78 is 5.81. The number of piperidine rings is 1. The van der Waals surface area contributed by atoms with Crippen LogP contribution in [0.2, 0.25) is 0 Å². The van der Waals surface area contributed by atoms with Crippen molar-refractivity contribution in [2.24, 2.45) is 5.73 Å². The number of nitrogens with two attached hydrogens (primary N) is 1. The molecule has 2 aliphatic heterocycles. The highest BCUT2D eigenvalue weighted by atomic mass is 16.5. The Kier molecular flexibility index (Phi) is 4.43. The van der Waals surface area contributed by atoms with Crippen molar-refractivity contribution in [3.05, 3.63) is 24.3 Å². The molecular formula is C16H25N3O. The molecule has 0 aromatic heterocycles. The Hall–Kier alpha value is -1.26. The van der Waals surface area contributed by atoms with Crippen LogP contribution in [0, 0.1) is 0 Å². The molecule has 1 aromatic carbocycles. The highest BCUT2D eigenvalue weighted by Crippen LogP contribution is 2.30. The summed E-state index contributed by atoms with van der Waals surface area (Å²) in [6.07, 6.45) is 3.37. The summed E-state index contributed by atoms with van der Waals surface area (Å²) in [6.45, 7) is 6.41. The SMILES string of the molecule is NC1CCN(CCN2CCCOc3ccccc32)CC1. The number of ether oxygens (including phenoxy) is 1. The summed E-state index contributed by atoms with van der Waals surface area (Å²) in [7, 11) is 0. The normalized spacial score (nSPS) is 21.1. The van der Waals surface area contributed by atoms with Crippen LogP contribution in [-0.2, 0) is 0 Å². The van der Waals surface area contributed by atoms with E-state index in [1.54, 1.807) is 0 Å². The summed E-state index contributed by atoms with van der Waals surface area (Å²) in [5, 5.41) is 0. The predicted octanol–water partition coefficient (Wildman–Crippen LogP) is 1.70. The molecule has 0 aliphatic carbocycles. The Morgan fingerprint density at radius 1 is 1.10 bits per heavy atom. The molecule has 0 bridgehead atoms. The zero-order chi connectivity index (χ0) is 13.8. The lowest BCUT2D eigenvalue weighted by molar-refractivity contribution is 0.217. The third-order valence-corrected chi connectivity index (χ3v) is 4.35. The van der Waals surface area contributed by atoms with E-state index < -0.39 is 0 Å². The number of benzene rings is 1. The molecule has 2 heterocycles. The fraction of sp³-hybridized carbons (Fsp3) is 0.625. The van der Waals surface area contributed by atoms with Gasteiger partial charge < -0.3 is 20.3 Å². The van der Waals surface area contributed by atoms with Crippen LogP contribution in [0.1, 0.15) is 19.3 Å². The van der Waals surface area contributed by atoms with Gasteiger partial charge in [0.05, 0.1) is 12.3 Å². The minimum absolute atomic E-state index is 0.415. The molecule has 0 radical (unpaired) electrons. The van der Waals surface area contributed by atoms with E-state index in [0.717, 1.165) is 64.3 Å². The molecule has 4 heteroatoms. The van der Waals surface area contributed by atoms with Gasteiger partial charge >= 0.3 is 0 Å². The molecule has 1 saturated heterocycles. The largest absolute Gasteiger partial charge is 0.491 e. The Morgan fingerprint density at radius 2 is 1.90 bits per heavy atom. The van der Waals surface area contributed by atoms with Crippen molar-refractivity contribution < 1.29 is 4.74 Å². The lowest BCUT2D eigenvalue weighted by Crippen LogP contribution is -2.43. The first kappa shape index (κ1) is 13.7. The van der Waals surface area contributed by atoms with Gasteiger partial charge in [-0.3, -0.25) is 0 Å². The fourth-order valence-corrected chi connectivity index (χ4v) is 3.07. The number of anilines is 1. The van der Waals surface area contributed by atoms with Gasteiger partial charge in [-0.2, -0.15) is 0 Å². The first-order valence-electron chi connectivity index (χ1n) is 7.77. The van der Waals surface area contributed by atoms with E-state index in [2.05, 4.69) is 28.0 Å². The van der Waals surface area contributed by atoms with Gasteiger partial charge in [0.15, 0.2) is 0 Å². The fourth-order valence-electron chi connectivity index (χ4n) is 3.07. The molecule has 4 nitrogen and oxygen atoms in total. The van der Waals surface area contributed by atoms with E-state index in [4.69, 9.17) is 10.5 Å². The third-order valence-electron chi connectivity index (χ3n) is 4.35. The van der Waals surface area contributed by atoms with E-state index in [9.17, 15) is 0 Å². The van der Waals surface area contributed by atoms with Crippen LogP contribution in [0.3, 0.4) is 0 Å². The van der Waals surface area contributed by atoms with E-state index >= 15 is 0 Å². The van der Waals surface area contributed by atoms with Gasteiger partial charge in [-0.15, -0.1) is 0 Å². The van der Waals surface area contributed by atoms with Gasteiger partial charge in [0, 0.05) is 25.7 Å². The highest BCUT2D eigenvalue weighted by molar-refractivity contribution is 5.58. The van der Waals surface area contributed by atoms with Crippen molar-refractivity contribution in [2.45, 2.75) is 25.3 Å². The second-order valence-corrected chi connectivity index (χ2v) is 5.84. The molecule has 0 amide bonds. The topological polar surface area (TPSA) is 41.7 Å². The number of rotatable bonds is 3. The Bertz CT molecular complexity index is 429. The van der Waals surface area contributed by atoms with Gasteiger partial charge in [-0.1, -0.05) is 12.1 Å². The maximum absolute atomic E-state index is 5.97. The number of hydrogen-bond acceptors (Lipinski definition) is 4. The molecule has 2 N–H and O–H groups in total. The van der Waals surface area contributed by atoms with Gasteiger partial charge in [0.2, 0.25) is 0 Å². The van der Waals surface area contributed by atoms with Gasteiger partial charge in [0.1, 0.15) is 5.75 Å². The maximum atomic E-state index is 5.97. The average Bonchev–Trinajstić information content (AvgIpc) is 2.69. The molecule has 0 unspecified atom stereocenters. The third kappa shape index (κ3) is 3.25. The number of hydrogen-bond donors (Lipinski definition) is 1. The van der Waals surface area contributed by atoms with Crippen LogP contribution in [0.15, 0.2) is 24.3 Å². The van der Waals surface area contributed by atoms with Crippen LogP contribution in [0.5, 0.6) is 5.75 Å². The van der Waals surface area contributed by atoms with E-state index in [-0.39, 0.29) is 0 Å². The van der Waals surface area contributed by atoms with Gasteiger partial charge in [-0.05, 0) is 44.5 Å². The lowest BCUT2D eigenvalue weighted by atomic mass is 10.1. The van der Waals surface area contributed by atoms with Gasteiger partial charge in [-0.25, -0.2) is 0 Å². The van der Waals surface area contributed by atoms with Crippen molar-refractivity contribution in [3.63, 3.8) is 0 Å². The van der Waals surface area contributed by atoms with Crippen LogP contribution in [-0.4, -0.2) is 50.3 Å². The van der Waals surface area contributed by atoms with Crippen LogP contribution >= 0.6 is 0 Å². The van der Waals surface area contributed by atoms with Crippen LogP contribution < -0.4 is 15.4 Å². The molecular weight excluding hydrogens is 250 g/mol. The molecule has 1 fully saturated rings. The zero-order valence-corrected chi connectivity index (χ0v) is 12.1. The van der Waals surface area contributed by atoms with E-state index in [1.807, 2.05) is 6.07 Å². The summed E-state index contributed by atoms with van der Waals surface area (Å²) in [5.41, 5.74) is 7.21. The standard InChI is InChI=1S/C16H25N3O/c17-14-6-9-18(10-7-14)11-12-19-8-3-13-20-16-5-2-1-4-15(16)19/h1-2,4-5,14H,3,6-13,17H2. The number of para-hydroxylation sites is 2. The number of fused-ring (bicyclic) bond motifs is 1. The minimum atomic E-state index is 0.415. The molecule has 3 rings (SSSR count). The molecule has 0 saturated carbocycles. The average molecular weight is 275 g/mol. The van der Waals surface area contributed by atoms with Crippen LogP contribution in [0.25, 0.3) is 0 Å². The molecule has 20 heavy (non-hydrogen) atoms. The minimum Gasteiger partial charge on any atom is -0.491 e. The Morgan fingerprint density at radius 3 is 2.75 bits per heavy atom. The molecule has 0 atom stereocenters.